The first-order valence-corrected chi connectivity index (χ1v) is 9.81. The summed E-state index contributed by atoms with van der Waals surface area (Å²) in [5.74, 6) is -2.60. The molecule has 7 nitrogen and oxygen atoms in total. The van der Waals surface area contributed by atoms with Crippen LogP contribution < -0.4 is 5.32 Å². The second kappa shape index (κ2) is 8.31. The van der Waals surface area contributed by atoms with Crippen LogP contribution in [0.2, 0.25) is 5.02 Å². The van der Waals surface area contributed by atoms with Crippen molar-refractivity contribution in [1.29, 1.82) is 0 Å². The molecule has 2 fully saturated rings. The molecule has 0 spiro atoms. The molecule has 3 amide bonds. The highest BCUT2D eigenvalue weighted by Crippen LogP contribution is 2.38. The molecule has 0 aromatic heterocycles. The van der Waals surface area contributed by atoms with E-state index in [1.165, 1.54) is 13.8 Å². The third-order valence-electron chi connectivity index (χ3n) is 5.36. The van der Waals surface area contributed by atoms with Crippen molar-refractivity contribution >= 4 is 41.0 Å². The van der Waals surface area contributed by atoms with Crippen molar-refractivity contribution < 1.29 is 23.9 Å². The van der Waals surface area contributed by atoms with Gasteiger partial charge in [-0.1, -0.05) is 30.5 Å². The Bertz CT molecular complexity index is 788. The van der Waals surface area contributed by atoms with Gasteiger partial charge >= 0.3 is 5.97 Å². The van der Waals surface area contributed by atoms with Gasteiger partial charge in [0.15, 0.2) is 6.10 Å². The van der Waals surface area contributed by atoms with Crippen LogP contribution in [0.3, 0.4) is 0 Å². The Balaban J connectivity index is 1.61. The quantitative estimate of drug-likeness (QED) is 0.599. The smallest absolute Gasteiger partial charge is 0.329 e. The van der Waals surface area contributed by atoms with Crippen LogP contribution >= 0.6 is 11.6 Å². The van der Waals surface area contributed by atoms with Crippen LogP contribution in [0.15, 0.2) is 24.3 Å². The normalized spacial score (nSPS) is 23.8. The Morgan fingerprint density at radius 3 is 2.32 bits per heavy atom. The Labute approximate surface area is 168 Å². The number of halogens is 1. The number of esters is 1. The zero-order valence-electron chi connectivity index (χ0n) is 15.8. The van der Waals surface area contributed by atoms with E-state index >= 15 is 0 Å². The van der Waals surface area contributed by atoms with E-state index in [2.05, 4.69) is 5.32 Å². The molecule has 0 radical (unpaired) electrons. The van der Waals surface area contributed by atoms with Crippen LogP contribution in [0, 0.1) is 11.8 Å². The first-order valence-electron chi connectivity index (χ1n) is 9.43. The number of benzene rings is 1. The summed E-state index contributed by atoms with van der Waals surface area (Å²) in [7, 11) is 0. The fourth-order valence-electron chi connectivity index (χ4n) is 3.81. The Hall–Kier alpha value is -2.41. The van der Waals surface area contributed by atoms with E-state index in [-0.39, 0.29) is 23.7 Å². The number of ether oxygens (including phenoxy) is 1. The summed E-state index contributed by atoms with van der Waals surface area (Å²) in [5, 5.41) is 3.07. The Morgan fingerprint density at radius 1 is 1.14 bits per heavy atom. The third kappa shape index (κ3) is 4.04. The van der Waals surface area contributed by atoms with Crippen LogP contribution in [0.1, 0.15) is 39.5 Å². The Kier molecular flexibility index (Phi) is 6.03. The van der Waals surface area contributed by atoms with Gasteiger partial charge < -0.3 is 10.1 Å². The molecule has 1 aliphatic heterocycles. The summed E-state index contributed by atoms with van der Waals surface area (Å²) in [6.45, 7) is 2.88. The van der Waals surface area contributed by atoms with Gasteiger partial charge in [-0.05, 0) is 44.9 Å². The molecule has 2 aliphatic rings. The molecule has 1 aromatic carbocycles. The molecule has 3 rings (SSSR count). The lowest BCUT2D eigenvalue weighted by Crippen LogP contribution is -2.46. The van der Waals surface area contributed by atoms with Crippen molar-refractivity contribution in [3.63, 3.8) is 0 Å². The molecule has 1 heterocycles. The lowest BCUT2D eigenvalue weighted by atomic mass is 9.81. The van der Waals surface area contributed by atoms with Crippen molar-refractivity contribution in [1.82, 2.24) is 4.90 Å². The average molecular weight is 407 g/mol. The minimum absolute atomic E-state index is 0.310. The van der Waals surface area contributed by atoms with Crippen molar-refractivity contribution in [3.05, 3.63) is 29.3 Å². The van der Waals surface area contributed by atoms with Gasteiger partial charge in [0.2, 0.25) is 11.8 Å². The van der Waals surface area contributed by atoms with Crippen molar-refractivity contribution in [2.45, 2.75) is 51.7 Å². The second-order valence-corrected chi connectivity index (χ2v) is 7.74. The third-order valence-corrected chi connectivity index (χ3v) is 5.59. The van der Waals surface area contributed by atoms with Gasteiger partial charge in [0, 0.05) is 10.7 Å². The number of rotatable bonds is 5. The minimum Gasteiger partial charge on any atom is -0.451 e. The molecular formula is C20H23ClN2O5. The van der Waals surface area contributed by atoms with Crippen LogP contribution in [0.5, 0.6) is 0 Å². The first kappa shape index (κ1) is 20.3. The summed E-state index contributed by atoms with van der Waals surface area (Å²) < 4.78 is 5.21. The van der Waals surface area contributed by atoms with Gasteiger partial charge in [0.25, 0.3) is 5.91 Å². The standard InChI is InChI=1S/C20H23ClN2O5/c1-11(23-18(25)15-8-3-4-9-16(15)19(23)26)20(27)28-12(2)17(24)22-14-7-5-6-13(21)10-14/h5-7,10-12,15-16H,3-4,8-9H2,1-2H3,(H,22,24)/t11-,12-,15-,16-/m0/s1. The maximum Gasteiger partial charge on any atom is 0.329 e. The highest BCUT2D eigenvalue weighted by atomic mass is 35.5. The number of likely N-dealkylation sites (tertiary alicyclic amines) is 1. The lowest BCUT2D eigenvalue weighted by Gasteiger charge is -2.23. The summed E-state index contributed by atoms with van der Waals surface area (Å²) >= 11 is 5.88. The molecule has 28 heavy (non-hydrogen) atoms. The molecule has 1 aromatic rings. The van der Waals surface area contributed by atoms with Crippen LogP contribution in [0.25, 0.3) is 0 Å². The molecule has 1 N–H and O–H groups in total. The summed E-state index contributed by atoms with van der Waals surface area (Å²) in [4.78, 5) is 50.9. The molecule has 1 saturated carbocycles. The number of nitrogens with one attached hydrogen (secondary N) is 1. The first-order chi connectivity index (χ1) is 13.3. The van der Waals surface area contributed by atoms with E-state index in [1.807, 2.05) is 0 Å². The predicted octanol–water partition coefficient (Wildman–Crippen LogP) is 2.77. The minimum atomic E-state index is -1.09. The zero-order chi connectivity index (χ0) is 20.4. The maximum absolute atomic E-state index is 12.6. The topological polar surface area (TPSA) is 92.8 Å². The van der Waals surface area contributed by atoms with E-state index in [9.17, 15) is 19.2 Å². The van der Waals surface area contributed by atoms with Crippen molar-refractivity contribution in [2.75, 3.05) is 5.32 Å². The molecule has 8 heteroatoms. The number of anilines is 1. The Morgan fingerprint density at radius 2 is 1.75 bits per heavy atom. The van der Waals surface area contributed by atoms with Crippen molar-refractivity contribution in [3.8, 4) is 0 Å². The van der Waals surface area contributed by atoms with E-state index in [0.29, 0.717) is 23.6 Å². The summed E-state index contributed by atoms with van der Waals surface area (Å²) in [6, 6.07) is 5.52. The molecule has 4 atom stereocenters. The van der Waals surface area contributed by atoms with E-state index < -0.39 is 24.0 Å². The molecule has 150 valence electrons. The number of fused-ring (bicyclic) bond motifs is 1. The number of hydrogen-bond acceptors (Lipinski definition) is 5. The number of imide groups is 1. The molecule has 1 aliphatic carbocycles. The number of nitrogens with zero attached hydrogens (tertiary/aromatic N) is 1. The summed E-state index contributed by atoms with van der Waals surface area (Å²) in [6.07, 6.45) is 2.07. The van der Waals surface area contributed by atoms with E-state index in [1.54, 1.807) is 24.3 Å². The van der Waals surface area contributed by atoms with Gasteiger partial charge in [-0.25, -0.2) is 4.79 Å². The van der Waals surface area contributed by atoms with Gasteiger partial charge in [-0.15, -0.1) is 0 Å². The number of carbonyl (C=O) groups is 4. The predicted molar refractivity (Wildman–Crippen MR) is 102 cm³/mol. The van der Waals surface area contributed by atoms with Gasteiger partial charge in [0.1, 0.15) is 6.04 Å². The average Bonchev–Trinajstić information content (AvgIpc) is 2.92. The van der Waals surface area contributed by atoms with E-state index in [4.69, 9.17) is 16.3 Å². The molecular weight excluding hydrogens is 384 g/mol. The van der Waals surface area contributed by atoms with Gasteiger partial charge in [-0.3, -0.25) is 19.3 Å². The lowest BCUT2D eigenvalue weighted by molar-refractivity contribution is -0.163. The number of carbonyl (C=O) groups excluding carboxylic acids is 4. The molecule has 1 saturated heterocycles. The SMILES string of the molecule is C[C@H](OC(=O)[C@H](C)N1C(=O)[C@H]2CCCC[C@@H]2C1=O)C(=O)Nc1cccc(Cl)c1. The molecule has 0 bridgehead atoms. The summed E-state index contributed by atoms with van der Waals surface area (Å²) in [5.41, 5.74) is 0.474. The largest absolute Gasteiger partial charge is 0.451 e. The highest BCUT2D eigenvalue weighted by molar-refractivity contribution is 6.30. The fourth-order valence-corrected chi connectivity index (χ4v) is 4.00. The van der Waals surface area contributed by atoms with Crippen LogP contribution in [0.4, 0.5) is 5.69 Å². The van der Waals surface area contributed by atoms with E-state index in [0.717, 1.165) is 17.7 Å². The molecule has 0 unspecified atom stereocenters. The van der Waals surface area contributed by atoms with Crippen LogP contribution in [-0.4, -0.2) is 40.7 Å². The maximum atomic E-state index is 12.6. The van der Waals surface area contributed by atoms with Crippen molar-refractivity contribution in [2.24, 2.45) is 11.8 Å². The van der Waals surface area contributed by atoms with Gasteiger partial charge in [-0.2, -0.15) is 0 Å². The second-order valence-electron chi connectivity index (χ2n) is 7.30. The fraction of sp³-hybridized carbons (Fsp3) is 0.500. The number of hydrogen-bond donors (Lipinski definition) is 1. The monoisotopic (exact) mass is 406 g/mol. The van der Waals surface area contributed by atoms with Crippen LogP contribution in [-0.2, 0) is 23.9 Å². The number of amides is 3. The zero-order valence-corrected chi connectivity index (χ0v) is 16.6. The highest BCUT2D eigenvalue weighted by Gasteiger charge is 2.51. The van der Waals surface area contributed by atoms with Gasteiger partial charge in [0.05, 0.1) is 11.8 Å².